The fourth-order valence-corrected chi connectivity index (χ4v) is 3.71. The third-order valence-electron chi connectivity index (χ3n) is 4.24. The smallest absolute Gasteiger partial charge is 0.251 e. The number of amides is 1. The van der Waals surface area contributed by atoms with Crippen LogP contribution < -0.4 is 10.1 Å². The van der Waals surface area contributed by atoms with E-state index in [1.54, 1.807) is 6.07 Å². The van der Waals surface area contributed by atoms with Crippen LogP contribution in [0.1, 0.15) is 23.2 Å². The third-order valence-corrected chi connectivity index (χ3v) is 6.07. The Morgan fingerprint density at radius 3 is 2.46 bits per heavy atom. The van der Waals surface area contributed by atoms with Gasteiger partial charge in [-0.25, -0.2) is 12.7 Å². The first-order chi connectivity index (χ1) is 11.3. The van der Waals surface area contributed by atoms with Gasteiger partial charge in [0.15, 0.2) is 0 Å². The maximum Gasteiger partial charge on any atom is 0.251 e. The van der Waals surface area contributed by atoms with Gasteiger partial charge >= 0.3 is 0 Å². The summed E-state index contributed by atoms with van der Waals surface area (Å²) in [5, 5.41) is 2.99. The lowest BCUT2D eigenvalue weighted by Gasteiger charge is -2.29. The Hall–Kier alpha value is -1.64. The molecule has 1 aromatic carbocycles. The van der Waals surface area contributed by atoms with Crippen molar-refractivity contribution in [2.45, 2.75) is 23.8 Å². The van der Waals surface area contributed by atoms with Crippen LogP contribution in [0, 0.1) is 0 Å². The van der Waals surface area contributed by atoms with Gasteiger partial charge in [-0.2, -0.15) is 0 Å². The maximum atomic E-state index is 12.5. The lowest BCUT2D eigenvalue weighted by molar-refractivity contribution is 0.0916. The molecule has 7 nitrogen and oxygen atoms in total. The number of hydrogen-bond acceptors (Lipinski definition) is 5. The summed E-state index contributed by atoms with van der Waals surface area (Å²) in [5.74, 6) is -0.0399. The summed E-state index contributed by atoms with van der Waals surface area (Å²) in [6.07, 6.45) is 1.78. The number of carbonyl (C=O) groups is 1. The van der Waals surface area contributed by atoms with E-state index in [-0.39, 0.29) is 22.6 Å². The highest BCUT2D eigenvalue weighted by Gasteiger charge is 2.25. The number of rotatable bonds is 5. The minimum absolute atomic E-state index is 0.00831. The second-order valence-corrected chi connectivity index (χ2v) is 8.32. The second kappa shape index (κ2) is 7.50. The minimum Gasteiger partial charge on any atom is -0.495 e. The second-order valence-electron chi connectivity index (χ2n) is 6.20. The summed E-state index contributed by atoms with van der Waals surface area (Å²) in [6, 6.07) is 4.58. The van der Waals surface area contributed by atoms with E-state index in [1.807, 2.05) is 0 Å². The summed E-state index contributed by atoms with van der Waals surface area (Å²) >= 11 is 0. The SMILES string of the molecule is COc1ccc(C(=O)NC2CCN(C)CC2)cc1S(=O)(=O)N(C)C. The van der Waals surface area contributed by atoms with Crippen LogP contribution in [0.5, 0.6) is 5.75 Å². The molecule has 8 heteroatoms. The number of sulfonamides is 1. The summed E-state index contributed by atoms with van der Waals surface area (Å²) in [5.41, 5.74) is 0.315. The molecule has 0 unspecified atom stereocenters. The molecule has 0 bridgehead atoms. The molecule has 134 valence electrons. The fourth-order valence-electron chi connectivity index (χ4n) is 2.64. The molecule has 1 heterocycles. The van der Waals surface area contributed by atoms with Crippen LogP contribution >= 0.6 is 0 Å². The minimum atomic E-state index is -3.69. The molecule has 0 atom stereocenters. The van der Waals surface area contributed by atoms with Gasteiger partial charge in [0.2, 0.25) is 10.0 Å². The number of methoxy groups -OCH3 is 1. The zero-order valence-corrected chi connectivity index (χ0v) is 15.4. The predicted molar refractivity (Wildman–Crippen MR) is 91.9 cm³/mol. The van der Waals surface area contributed by atoms with Crippen molar-refractivity contribution in [2.75, 3.05) is 41.3 Å². The van der Waals surface area contributed by atoms with E-state index in [9.17, 15) is 13.2 Å². The van der Waals surface area contributed by atoms with Gasteiger partial charge in [0, 0.05) is 25.7 Å². The van der Waals surface area contributed by atoms with Crippen LogP contribution in [0.15, 0.2) is 23.1 Å². The van der Waals surface area contributed by atoms with E-state index in [1.165, 1.54) is 33.3 Å². The van der Waals surface area contributed by atoms with Crippen molar-refractivity contribution in [1.29, 1.82) is 0 Å². The molecule has 0 saturated carbocycles. The summed E-state index contributed by atoms with van der Waals surface area (Å²) in [7, 11) is 2.66. The van der Waals surface area contributed by atoms with E-state index in [0.29, 0.717) is 5.56 Å². The summed E-state index contributed by atoms with van der Waals surface area (Å²) in [6.45, 7) is 1.88. The number of nitrogens with zero attached hydrogens (tertiary/aromatic N) is 2. The van der Waals surface area contributed by atoms with Gasteiger partial charge in [-0.15, -0.1) is 0 Å². The molecular weight excluding hydrogens is 330 g/mol. The van der Waals surface area contributed by atoms with Crippen LogP contribution in [0.4, 0.5) is 0 Å². The molecule has 0 spiro atoms. The maximum absolute atomic E-state index is 12.5. The van der Waals surface area contributed by atoms with E-state index in [2.05, 4.69) is 17.3 Å². The van der Waals surface area contributed by atoms with Crippen molar-refractivity contribution in [1.82, 2.24) is 14.5 Å². The molecule has 1 saturated heterocycles. The molecule has 2 rings (SSSR count). The number of benzene rings is 1. The molecule has 0 aliphatic carbocycles. The van der Waals surface area contributed by atoms with Crippen molar-refractivity contribution in [3.8, 4) is 5.75 Å². The van der Waals surface area contributed by atoms with Gasteiger partial charge < -0.3 is 15.0 Å². The molecule has 1 fully saturated rings. The zero-order valence-electron chi connectivity index (χ0n) is 14.6. The van der Waals surface area contributed by atoms with Gasteiger partial charge in [0.25, 0.3) is 5.91 Å². The van der Waals surface area contributed by atoms with E-state index >= 15 is 0 Å². The van der Waals surface area contributed by atoms with Crippen molar-refractivity contribution in [2.24, 2.45) is 0 Å². The first-order valence-corrected chi connectivity index (χ1v) is 9.29. The summed E-state index contributed by atoms with van der Waals surface area (Å²) < 4.78 is 31.1. The first-order valence-electron chi connectivity index (χ1n) is 7.85. The molecule has 1 amide bonds. The van der Waals surface area contributed by atoms with Crippen molar-refractivity contribution < 1.29 is 17.9 Å². The number of hydrogen-bond donors (Lipinski definition) is 1. The average Bonchev–Trinajstić information content (AvgIpc) is 2.56. The molecule has 1 N–H and O–H groups in total. The van der Waals surface area contributed by atoms with E-state index in [4.69, 9.17) is 4.74 Å². The Kier molecular flexibility index (Phi) is 5.84. The van der Waals surface area contributed by atoms with Gasteiger partial charge in [0.1, 0.15) is 10.6 Å². The van der Waals surface area contributed by atoms with Gasteiger partial charge in [-0.3, -0.25) is 4.79 Å². The normalized spacial score (nSPS) is 17.0. The van der Waals surface area contributed by atoms with Crippen LogP contribution in [0.25, 0.3) is 0 Å². The Morgan fingerprint density at radius 1 is 1.29 bits per heavy atom. The number of nitrogens with one attached hydrogen (secondary N) is 1. The van der Waals surface area contributed by atoms with Crippen molar-refractivity contribution in [3.05, 3.63) is 23.8 Å². The number of piperidine rings is 1. The Balaban J connectivity index is 2.23. The van der Waals surface area contributed by atoms with Crippen LogP contribution in [-0.4, -0.2) is 70.9 Å². The Bertz CT molecular complexity index is 695. The lowest BCUT2D eigenvalue weighted by Crippen LogP contribution is -2.43. The quantitative estimate of drug-likeness (QED) is 0.844. The molecule has 1 aliphatic heterocycles. The fraction of sp³-hybridized carbons (Fsp3) is 0.562. The highest BCUT2D eigenvalue weighted by molar-refractivity contribution is 7.89. The lowest BCUT2D eigenvalue weighted by atomic mass is 10.0. The highest BCUT2D eigenvalue weighted by atomic mass is 32.2. The average molecular weight is 355 g/mol. The number of ether oxygens (including phenoxy) is 1. The molecule has 1 aromatic rings. The highest BCUT2D eigenvalue weighted by Crippen LogP contribution is 2.27. The molecule has 0 radical (unpaired) electrons. The predicted octanol–water partition coefficient (Wildman–Crippen LogP) is 0.770. The topological polar surface area (TPSA) is 79.0 Å². The number of carbonyl (C=O) groups excluding carboxylic acids is 1. The first kappa shape index (κ1) is 18.7. The molecule has 0 aromatic heterocycles. The van der Waals surface area contributed by atoms with Crippen LogP contribution in [-0.2, 0) is 10.0 Å². The third kappa shape index (κ3) is 4.06. The molecule has 24 heavy (non-hydrogen) atoms. The van der Waals surface area contributed by atoms with Gasteiger partial charge in [0.05, 0.1) is 7.11 Å². The van der Waals surface area contributed by atoms with Crippen molar-refractivity contribution in [3.63, 3.8) is 0 Å². The number of likely N-dealkylation sites (tertiary alicyclic amines) is 1. The largest absolute Gasteiger partial charge is 0.495 e. The van der Waals surface area contributed by atoms with Crippen LogP contribution in [0.2, 0.25) is 0 Å². The standard InChI is InChI=1S/C16H25N3O4S/c1-18(2)24(21,22)15-11-12(5-6-14(15)23-4)16(20)17-13-7-9-19(3)10-8-13/h5-6,11,13H,7-10H2,1-4H3,(H,17,20). The molecule has 1 aliphatic rings. The van der Waals surface area contributed by atoms with E-state index < -0.39 is 10.0 Å². The Morgan fingerprint density at radius 2 is 1.92 bits per heavy atom. The van der Waals surface area contributed by atoms with Crippen LogP contribution in [0.3, 0.4) is 0 Å². The summed E-state index contributed by atoms with van der Waals surface area (Å²) in [4.78, 5) is 14.7. The van der Waals surface area contributed by atoms with E-state index in [0.717, 1.165) is 30.2 Å². The monoisotopic (exact) mass is 355 g/mol. The van der Waals surface area contributed by atoms with Crippen molar-refractivity contribution >= 4 is 15.9 Å². The Labute approximate surface area is 143 Å². The zero-order chi connectivity index (χ0) is 17.9. The van der Waals surface area contributed by atoms with Gasteiger partial charge in [-0.1, -0.05) is 0 Å². The molecular formula is C16H25N3O4S. The van der Waals surface area contributed by atoms with Gasteiger partial charge in [-0.05, 0) is 51.2 Å².